The summed E-state index contributed by atoms with van der Waals surface area (Å²) in [6.07, 6.45) is 0.0111. The van der Waals surface area contributed by atoms with Gasteiger partial charge in [-0.05, 0) is 12.1 Å². The lowest BCUT2D eigenvalue weighted by Crippen LogP contribution is -2.24. The topological polar surface area (TPSA) is 55.1 Å². The second-order valence-corrected chi connectivity index (χ2v) is 3.53. The number of halogens is 2. The van der Waals surface area contributed by atoms with Crippen LogP contribution in [0.25, 0.3) is 0 Å². The maximum Gasteiger partial charge on any atom is 0.221 e. The van der Waals surface area contributed by atoms with E-state index in [2.05, 4.69) is 5.32 Å². The molecule has 0 aromatic heterocycles. The zero-order valence-electron chi connectivity index (χ0n) is 8.26. The van der Waals surface area contributed by atoms with Crippen molar-refractivity contribution in [3.05, 3.63) is 34.6 Å². The third-order valence-corrected chi connectivity index (χ3v) is 2.38. The molecule has 0 heterocycles. The van der Waals surface area contributed by atoms with E-state index in [1.807, 2.05) is 0 Å². The van der Waals surface area contributed by atoms with Gasteiger partial charge < -0.3 is 11.1 Å². The van der Waals surface area contributed by atoms with Crippen molar-refractivity contribution < 1.29 is 9.18 Å². The van der Waals surface area contributed by atoms with Crippen LogP contribution in [0, 0.1) is 5.82 Å². The molecule has 1 unspecified atom stereocenters. The normalized spacial score (nSPS) is 12.3. The summed E-state index contributed by atoms with van der Waals surface area (Å²) in [5.74, 6) is -0.735. The molecule has 0 fully saturated rings. The molecule has 82 valence electrons. The van der Waals surface area contributed by atoms with Gasteiger partial charge in [-0.25, -0.2) is 4.39 Å². The zero-order chi connectivity index (χ0) is 11.4. The first-order chi connectivity index (χ1) is 7.06. The predicted molar refractivity (Wildman–Crippen MR) is 57.0 cm³/mol. The SMILES string of the molecule is CNC(=O)CC(N)c1c(F)cccc1Cl. The smallest absolute Gasteiger partial charge is 0.221 e. The van der Waals surface area contributed by atoms with Gasteiger partial charge in [0.05, 0.1) is 0 Å². The number of amides is 1. The van der Waals surface area contributed by atoms with Gasteiger partial charge in [-0.1, -0.05) is 17.7 Å². The molecular weight excluding hydrogens is 219 g/mol. The Morgan fingerprint density at radius 2 is 2.33 bits per heavy atom. The van der Waals surface area contributed by atoms with Crippen molar-refractivity contribution in [2.75, 3.05) is 7.05 Å². The number of rotatable bonds is 3. The van der Waals surface area contributed by atoms with Crippen molar-refractivity contribution in [3.63, 3.8) is 0 Å². The molecule has 0 radical (unpaired) electrons. The van der Waals surface area contributed by atoms with Crippen LogP contribution in [0.1, 0.15) is 18.0 Å². The maximum atomic E-state index is 13.4. The number of hydrogen-bond donors (Lipinski definition) is 2. The molecule has 0 aliphatic carbocycles. The van der Waals surface area contributed by atoms with Gasteiger partial charge in [-0.3, -0.25) is 4.79 Å². The van der Waals surface area contributed by atoms with Crippen molar-refractivity contribution in [1.29, 1.82) is 0 Å². The minimum Gasteiger partial charge on any atom is -0.359 e. The summed E-state index contributed by atoms with van der Waals surface area (Å²) in [7, 11) is 1.50. The lowest BCUT2D eigenvalue weighted by Gasteiger charge is -2.13. The maximum absolute atomic E-state index is 13.4. The van der Waals surface area contributed by atoms with Gasteiger partial charge in [0, 0.05) is 30.1 Å². The number of nitrogens with one attached hydrogen (secondary N) is 1. The number of benzene rings is 1. The van der Waals surface area contributed by atoms with E-state index in [-0.39, 0.29) is 22.9 Å². The molecule has 1 atom stereocenters. The second-order valence-electron chi connectivity index (χ2n) is 3.12. The van der Waals surface area contributed by atoms with Crippen molar-refractivity contribution in [2.24, 2.45) is 5.73 Å². The molecule has 0 bridgehead atoms. The first-order valence-corrected chi connectivity index (χ1v) is 4.84. The van der Waals surface area contributed by atoms with E-state index in [9.17, 15) is 9.18 Å². The average molecular weight is 231 g/mol. The van der Waals surface area contributed by atoms with Crippen LogP contribution in [0.15, 0.2) is 18.2 Å². The molecule has 15 heavy (non-hydrogen) atoms. The Morgan fingerprint density at radius 3 is 2.87 bits per heavy atom. The number of carbonyl (C=O) groups excluding carboxylic acids is 1. The van der Waals surface area contributed by atoms with E-state index in [0.717, 1.165) is 0 Å². The van der Waals surface area contributed by atoms with E-state index in [0.29, 0.717) is 0 Å². The Kier molecular flexibility index (Phi) is 4.05. The van der Waals surface area contributed by atoms with E-state index < -0.39 is 11.9 Å². The molecule has 1 aromatic rings. The molecule has 1 amide bonds. The molecule has 0 aliphatic rings. The Morgan fingerprint density at radius 1 is 1.67 bits per heavy atom. The second kappa shape index (κ2) is 5.09. The lowest BCUT2D eigenvalue weighted by atomic mass is 10.0. The summed E-state index contributed by atoms with van der Waals surface area (Å²) in [5, 5.41) is 2.66. The predicted octanol–water partition coefficient (Wildman–Crippen LogP) is 1.61. The first-order valence-electron chi connectivity index (χ1n) is 4.46. The highest BCUT2D eigenvalue weighted by Crippen LogP contribution is 2.26. The molecule has 3 N–H and O–H groups in total. The third kappa shape index (κ3) is 2.91. The van der Waals surface area contributed by atoms with Crippen LogP contribution in [0.5, 0.6) is 0 Å². The van der Waals surface area contributed by atoms with Crippen molar-refractivity contribution in [1.82, 2.24) is 5.32 Å². The highest BCUT2D eigenvalue weighted by atomic mass is 35.5. The van der Waals surface area contributed by atoms with Crippen LogP contribution in [0.2, 0.25) is 5.02 Å². The molecule has 1 aromatic carbocycles. The fraction of sp³-hybridized carbons (Fsp3) is 0.300. The van der Waals surface area contributed by atoms with E-state index in [1.54, 1.807) is 6.07 Å². The van der Waals surface area contributed by atoms with E-state index >= 15 is 0 Å². The molecule has 0 saturated carbocycles. The van der Waals surface area contributed by atoms with Gasteiger partial charge in [0.25, 0.3) is 0 Å². The van der Waals surface area contributed by atoms with Crippen LogP contribution in [-0.4, -0.2) is 13.0 Å². The van der Waals surface area contributed by atoms with Gasteiger partial charge in [-0.15, -0.1) is 0 Å². The molecule has 0 aliphatic heterocycles. The average Bonchev–Trinajstić information content (AvgIpc) is 2.17. The van der Waals surface area contributed by atoms with Gasteiger partial charge in [0.1, 0.15) is 5.82 Å². The van der Waals surface area contributed by atoms with E-state index in [1.165, 1.54) is 19.2 Å². The summed E-state index contributed by atoms with van der Waals surface area (Å²) >= 11 is 5.80. The first kappa shape index (κ1) is 11.9. The van der Waals surface area contributed by atoms with Crippen molar-refractivity contribution in [2.45, 2.75) is 12.5 Å². The summed E-state index contributed by atoms with van der Waals surface area (Å²) in [5.41, 5.74) is 5.87. The van der Waals surface area contributed by atoms with Gasteiger partial charge in [-0.2, -0.15) is 0 Å². The third-order valence-electron chi connectivity index (χ3n) is 2.05. The van der Waals surface area contributed by atoms with Gasteiger partial charge in [0.2, 0.25) is 5.91 Å². The minimum atomic E-state index is -0.723. The summed E-state index contributed by atoms with van der Waals surface area (Å²) in [6, 6.07) is 3.58. The standard InChI is InChI=1S/C10H12ClFN2O/c1-14-9(15)5-8(13)10-6(11)3-2-4-7(10)12/h2-4,8H,5,13H2,1H3,(H,14,15). The van der Waals surface area contributed by atoms with Crippen LogP contribution >= 0.6 is 11.6 Å². The Hall–Kier alpha value is -1.13. The van der Waals surface area contributed by atoms with Crippen LogP contribution < -0.4 is 11.1 Å². The Labute approximate surface area is 92.4 Å². The summed E-state index contributed by atoms with van der Waals surface area (Å²) < 4.78 is 13.4. The lowest BCUT2D eigenvalue weighted by molar-refractivity contribution is -0.120. The van der Waals surface area contributed by atoms with E-state index in [4.69, 9.17) is 17.3 Å². The van der Waals surface area contributed by atoms with Crippen LogP contribution in [0.3, 0.4) is 0 Å². The number of carbonyl (C=O) groups is 1. The summed E-state index contributed by atoms with van der Waals surface area (Å²) in [6.45, 7) is 0. The van der Waals surface area contributed by atoms with Gasteiger partial charge >= 0.3 is 0 Å². The summed E-state index contributed by atoms with van der Waals surface area (Å²) in [4.78, 5) is 11.1. The van der Waals surface area contributed by atoms with Crippen LogP contribution in [0.4, 0.5) is 4.39 Å². The fourth-order valence-electron chi connectivity index (χ4n) is 1.27. The molecule has 0 spiro atoms. The number of nitrogens with two attached hydrogens (primary N) is 1. The quantitative estimate of drug-likeness (QED) is 0.829. The van der Waals surface area contributed by atoms with Gasteiger partial charge in [0.15, 0.2) is 0 Å². The molecule has 1 rings (SSSR count). The Balaban J connectivity index is 2.90. The monoisotopic (exact) mass is 230 g/mol. The molecular formula is C10H12ClFN2O. The Bertz CT molecular complexity index is 350. The largest absolute Gasteiger partial charge is 0.359 e. The highest BCUT2D eigenvalue weighted by Gasteiger charge is 2.17. The van der Waals surface area contributed by atoms with Crippen molar-refractivity contribution >= 4 is 17.5 Å². The van der Waals surface area contributed by atoms with Crippen molar-refractivity contribution in [3.8, 4) is 0 Å². The molecule has 5 heteroatoms. The highest BCUT2D eigenvalue weighted by molar-refractivity contribution is 6.31. The molecule has 3 nitrogen and oxygen atoms in total. The minimum absolute atomic E-state index is 0.0111. The molecule has 0 saturated heterocycles. The number of hydrogen-bond acceptors (Lipinski definition) is 2. The zero-order valence-corrected chi connectivity index (χ0v) is 9.01. The van der Waals surface area contributed by atoms with Crippen LogP contribution in [-0.2, 0) is 4.79 Å². The fourth-order valence-corrected chi connectivity index (χ4v) is 1.57.